The fraction of sp³-hybridized carbons (Fsp3) is 0.200. The zero-order valence-electron chi connectivity index (χ0n) is 11.2. The monoisotopic (exact) mass is 276 g/mol. The van der Waals surface area contributed by atoms with Gasteiger partial charge in [0.15, 0.2) is 0 Å². The normalized spacial score (nSPS) is 10.1. The molecular weight excluding hydrogens is 260 g/mol. The highest BCUT2D eigenvalue weighted by molar-refractivity contribution is 7.99. The summed E-state index contributed by atoms with van der Waals surface area (Å²) in [6.45, 7) is 0. The third-order valence-corrected chi connectivity index (χ3v) is 3.78. The maximum absolute atomic E-state index is 5.38. The van der Waals surface area contributed by atoms with Gasteiger partial charge in [0.2, 0.25) is 0 Å². The lowest BCUT2D eigenvalue weighted by atomic mass is 10.3. The van der Waals surface area contributed by atoms with Crippen molar-refractivity contribution in [2.45, 2.75) is 9.79 Å². The van der Waals surface area contributed by atoms with Crippen molar-refractivity contribution >= 4 is 11.8 Å². The molecule has 0 atom stereocenters. The average Bonchev–Trinajstić information content (AvgIpc) is 2.48. The van der Waals surface area contributed by atoms with Crippen molar-refractivity contribution in [3.8, 4) is 17.2 Å². The molecule has 0 amide bonds. The Morgan fingerprint density at radius 2 is 1.32 bits per heavy atom. The number of rotatable bonds is 5. The molecule has 0 aliphatic heterocycles. The summed E-state index contributed by atoms with van der Waals surface area (Å²) >= 11 is 1.60. The van der Waals surface area contributed by atoms with Gasteiger partial charge in [-0.1, -0.05) is 17.8 Å². The summed E-state index contributed by atoms with van der Waals surface area (Å²) in [7, 11) is 4.98. The van der Waals surface area contributed by atoms with Crippen LogP contribution in [-0.4, -0.2) is 21.3 Å². The Morgan fingerprint density at radius 1 is 0.737 bits per heavy atom. The molecule has 2 aromatic carbocycles. The molecule has 0 bridgehead atoms. The van der Waals surface area contributed by atoms with Gasteiger partial charge in [-0.15, -0.1) is 0 Å². The maximum atomic E-state index is 5.38. The SMILES string of the molecule is COc1ccc(Sc2c(OC)cccc2OC)cc1. The average molecular weight is 276 g/mol. The van der Waals surface area contributed by atoms with Crippen LogP contribution in [0.15, 0.2) is 52.3 Å². The van der Waals surface area contributed by atoms with Crippen LogP contribution < -0.4 is 14.2 Å². The van der Waals surface area contributed by atoms with Gasteiger partial charge >= 0.3 is 0 Å². The van der Waals surface area contributed by atoms with Crippen LogP contribution in [0, 0.1) is 0 Å². The van der Waals surface area contributed by atoms with Gasteiger partial charge in [0.1, 0.15) is 17.2 Å². The number of hydrogen-bond acceptors (Lipinski definition) is 4. The molecule has 3 nitrogen and oxygen atoms in total. The standard InChI is InChI=1S/C15H16O3S/c1-16-11-7-9-12(10-8-11)19-15-13(17-2)5-4-6-14(15)18-3/h4-10H,1-3H3. The van der Waals surface area contributed by atoms with Crippen molar-refractivity contribution in [1.29, 1.82) is 0 Å². The first-order valence-electron chi connectivity index (χ1n) is 5.81. The molecule has 0 N–H and O–H groups in total. The molecule has 0 saturated heterocycles. The minimum Gasteiger partial charge on any atom is -0.497 e. The molecule has 0 aliphatic rings. The van der Waals surface area contributed by atoms with Crippen molar-refractivity contribution in [3.63, 3.8) is 0 Å². The Balaban J connectivity index is 2.30. The Labute approximate surface area is 117 Å². The van der Waals surface area contributed by atoms with Gasteiger partial charge in [0.25, 0.3) is 0 Å². The molecular formula is C15H16O3S. The third kappa shape index (κ3) is 3.15. The topological polar surface area (TPSA) is 27.7 Å². The lowest BCUT2D eigenvalue weighted by molar-refractivity contribution is 0.376. The number of ether oxygens (including phenoxy) is 3. The second kappa shape index (κ2) is 6.38. The van der Waals surface area contributed by atoms with Crippen LogP contribution in [0.2, 0.25) is 0 Å². The Hall–Kier alpha value is -1.81. The molecule has 0 fully saturated rings. The highest BCUT2D eigenvalue weighted by atomic mass is 32.2. The lowest BCUT2D eigenvalue weighted by Crippen LogP contribution is -1.91. The van der Waals surface area contributed by atoms with Gasteiger partial charge in [-0.25, -0.2) is 0 Å². The molecule has 2 aromatic rings. The Morgan fingerprint density at radius 3 is 1.79 bits per heavy atom. The minimum atomic E-state index is 0.806. The van der Waals surface area contributed by atoms with E-state index in [9.17, 15) is 0 Å². The van der Waals surface area contributed by atoms with E-state index in [1.54, 1.807) is 33.1 Å². The summed E-state index contributed by atoms with van der Waals surface area (Å²) in [5.74, 6) is 2.46. The van der Waals surface area contributed by atoms with E-state index >= 15 is 0 Å². The highest BCUT2D eigenvalue weighted by Crippen LogP contribution is 2.41. The van der Waals surface area contributed by atoms with E-state index in [1.807, 2.05) is 42.5 Å². The zero-order chi connectivity index (χ0) is 13.7. The first kappa shape index (κ1) is 13.6. The van der Waals surface area contributed by atoms with Crippen LogP contribution in [0.3, 0.4) is 0 Å². The molecule has 4 heteroatoms. The van der Waals surface area contributed by atoms with E-state index in [0.29, 0.717) is 0 Å². The first-order chi connectivity index (χ1) is 9.28. The predicted octanol–water partition coefficient (Wildman–Crippen LogP) is 3.86. The summed E-state index contributed by atoms with van der Waals surface area (Å²) in [6, 6.07) is 13.7. The van der Waals surface area contributed by atoms with Crippen molar-refractivity contribution in [1.82, 2.24) is 0 Å². The molecule has 0 radical (unpaired) electrons. The van der Waals surface area contributed by atoms with Gasteiger partial charge in [-0.05, 0) is 36.4 Å². The highest BCUT2D eigenvalue weighted by Gasteiger charge is 2.11. The van der Waals surface area contributed by atoms with Crippen molar-refractivity contribution < 1.29 is 14.2 Å². The molecule has 0 aliphatic carbocycles. The molecule has 0 aromatic heterocycles. The van der Waals surface area contributed by atoms with Crippen LogP contribution in [0.4, 0.5) is 0 Å². The van der Waals surface area contributed by atoms with Gasteiger partial charge in [-0.3, -0.25) is 0 Å². The zero-order valence-corrected chi connectivity index (χ0v) is 12.0. The van der Waals surface area contributed by atoms with Crippen molar-refractivity contribution in [2.24, 2.45) is 0 Å². The van der Waals surface area contributed by atoms with E-state index < -0.39 is 0 Å². The number of benzene rings is 2. The summed E-state index contributed by atoms with van der Waals surface area (Å²) in [4.78, 5) is 2.07. The van der Waals surface area contributed by atoms with E-state index in [0.717, 1.165) is 27.0 Å². The van der Waals surface area contributed by atoms with Gasteiger partial charge < -0.3 is 14.2 Å². The van der Waals surface area contributed by atoms with Gasteiger partial charge in [0.05, 0.1) is 26.2 Å². The summed E-state index contributed by atoms with van der Waals surface area (Å²) in [5.41, 5.74) is 0. The number of hydrogen-bond donors (Lipinski definition) is 0. The van der Waals surface area contributed by atoms with Crippen LogP contribution in [0.25, 0.3) is 0 Å². The van der Waals surface area contributed by atoms with Crippen LogP contribution >= 0.6 is 11.8 Å². The lowest BCUT2D eigenvalue weighted by Gasteiger charge is -2.12. The van der Waals surface area contributed by atoms with Crippen LogP contribution in [-0.2, 0) is 0 Å². The summed E-state index contributed by atoms with van der Waals surface area (Å²) in [6.07, 6.45) is 0. The predicted molar refractivity (Wildman–Crippen MR) is 76.7 cm³/mol. The van der Waals surface area contributed by atoms with E-state index in [2.05, 4.69) is 0 Å². The molecule has 0 unspecified atom stereocenters. The van der Waals surface area contributed by atoms with Crippen LogP contribution in [0.1, 0.15) is 0 Å². The summed E-state index contributed by atoms with van der Waals surface area (Å²) < 4.78 is 15.9. The smallest absolute Gasteiger partial charge is 0.136 e. The van der Waals surface area contributed by atoms with E-state index in [-0.39, 0.29) is 0 Å². The fourth-order valence-corrected chi connectivity index (χ4v) is 2.69. The van der Waals surface area contributed by atoms with Crippen molar-refractivity contribution in [3.05, 3.63) is 42.5 Å². The van der Waals surface area contributed by atoms with Crippen molar-refractivity contribution in [2.75, 3.05) is 21.3 Å². The molecule has 0 spiro atoms. The Bertz CT molecular complexity index is 515. The quantitative estimate of drug-likeness (QED) is 0.828. The van der Waals surface area contributed by atoms with Gasteiger partial charge in [-0.2, -0.15) is 0 Å². The third-order valence-electron chi connectivity index (χ3n) is 2.66. The molecule has 0 saturated carbocycles. The summed E-state index contributed by atoms with van der Waals surface area (Å²) in [5, 5.41) is 0. The van der Waals surface area contributed by atoms with Gasteiger partial charge in [0, 0.05) is 4.90 Å². The largest absolute Gasteiger partial charge is 0.497 e. The fourth-order valence-electron chi connectivity index (χ4n) is 1.68. The van der Waals surface area contributed by atoms with E-state index in [4.69, 9.17) is 14.2 Å². The first-order valence-corrected chi connectivity index (χ1v) is 6.63. The molecule has 100 valence electrons. The molecule has 19 heavy (non-hydrogen) atoms. The van der Waals surface area contributed by atoms with Crippen LogP contribution in [0.5, 0.6) is 17.2 Å². The Kier molecular flexibility index (Phi) is 4.58. The minimum absolute atomic E-state index is 0.806. The second-order valence-corrected chi connectivity index (χ2v) is 4.85. The number of methoxy groups -OCH3 is 3. The molecule has 2 rings (SSSR count). The maximum Gasteiger partial charge on any atom is 0.136 e. The van der Waals surface area contributed by atoms with E-state index in [1.165, 1.54) is 0 Å². The molecule has 0 heterocycles. The second-order valence-electron chi connectivity index (χ2n) is 3.77.